The van der Waals surface area contributed by atoms with Gasteiger partial charge in [0.05, 0.1) is 5.02 Å². The van der Waals surface area contributed by atoms with E-state index in [1.165, 1.54) is 12.1 Å². The highest BCUT2D eigenvalue weighted by atomic mass is 35.5. The van der Waals surface area contributed by atoms with Crippen LogP contribution in [0.4, 0.5) is 0 Å². The van der Waals surface area contributed by atoms with E-state index in [2.05, 4.69) is 11.2 Å². The van der Waals surface area contributed by atoms with Gasteiger partial charge in [-0.15, -0.1) is 12.3 Å². The zero-order valence-corrected chi connectivity index (χ0v) is 11.7. The minimum absolute atomic E-state index is 0.108. The molecule has 0 heterocycles. The molecule has 0 radical (unpaired) electrons. The Kier molecular flexibility index (Phi) is 6.16. The Bertz CT molecular complexity index is 554. The molecule has 0 fully saturated rings. The molecule has 2 N–H and O–H groups in total. The van der Waals surface area contributed by atoms with Crippen LogP contribution in [0.2, 0.25) is 10.0 Å². The zero-order valence-electron chi connectivity index (χ0n) is 10.2. The fourth-order valence-electron chi connectivity index (χ4n) is 1.29. The summed E-state index contributed by atoms with van der Waals surface area (Å²) in [6, 6.07) is 3.39. The van der Waals surface area contributed by atoms with Crippen LogP contribution in [0.1, 0.15) is 6.42 Å². The molecule has 106 valence electrons. The number of nitrogens with one attached hydrogen (secondary N) is 1. The van der Waals surface area contributed by atoms with Gasteiger partial charge >= 0.3 is 5.97 Å². The van der Waals surface area contributed by atoms with Crippen molar-refractivity contribution in [3.05, 3.63) is 28.2 Å². The quantitative estimate of drug-likeness (QED) is 0.787. The van der Waals surface area contributed by atoms with Crippen molar-refractivity contribution in [2.45, 2.75) is 12.5 Å². The van der Waals surface area contributed by atoms with Crippen molar-refractivity contribution < 1.29 is 19.4 Å². The van der Waals surface area contributed by atoms with Gasteiger partial charge in [0, 0.05) is 11.4 Å². The number of aliphatic carboxylic acids is 1. The molecular formula is C13H11Cl2NO4. The fourth-order valence-corrected chi connectivity index (χ4v) is 1.75. The molecule has 0 saturated carbocycles. The van der Waals surface area contributed by atoms with Gasteiger partial charge in [-0.25, -0.2) is 4.79 Å². The van der Waals surface area contributed by atoms with Crippen molar-refractivity contribution in [3.63, 3.8) is 0 Å². The summed E-state index contributed by atoms with van der Waals surface area (Å²) in [6.07, 6.45) is 4.91. The van der Waals surface area contributed by atoms with Crippen LogP contribution in [-0.2, 0) is 9.59 Å². The molecular weight excluding hydrogens is 305 g/mol. The Balaban J connectivity index is 2.55. The number of amides is 1. The number of carboxylic acids is 1. The zero-order chi connectivity index (χ0) is 15.1. The number of hydrogen-bond donors (Lipinski definition) is 2. The Labute approximate surface area is 125 Å². The van der Waals surface area contributed by atoms with E-state index in [-0.39, 0.29) is 23.8 Å². The molecule has 1 aromatic rings. The number of halogens is 2. The summed E-state index contributed by atoms with van der Waals surface area (Å²) in [5.41, 5.74) is 0. The highest BCUT2D eigenvalue weighted by molar-refractivity contribution is 6.35. The minimum atomic E-state index is -1.21. The molecule has 0 bridgehead atoms. The van der Waals surface area contributed by atoms with Crippen LogP contribution in [0.15, 0.2) is 18.2 Å². The first-order valence-corrected chi connectivity index (χ1v) is 6.23. The molecule has 1 unspecified atom stereocenters. The molecule has 5 nitrogen and oxygen atoms in total. The van der Waals surface area contributed by atoms with E-state index in [9.17, 15) is 9.59 Å². The molecule has 0 aromatic heterocycles. The maximum atomic E-state index is 11.5. The maximum Gasteiger partial charge on any atom is 0.327 e. The van der Waals surface area contributed by atoms with Gasteiger partial charge in [0.1, 0.15) is 11.8 Å². The van der Waals surface area contributed by atoms with Crippen molar-refractivity contribution in [1.29, 1.82) is 0 Å². The summed E-state index contributed by atoms with van der Waals surface area (Å²) in [7, 11) is 0. The molecule has 0 aliphatic heterocycles. The molecule has 1 atom stereocenters. The molecule has 20 heavy (non-hydrogen) atoms. The first kappa shape index (κ1) is 16.2. The van der Waals surface area contributed by atoms with Crippen LogP contribution in [0.5, 0.6) is 5.75 Å². The smallest absolute Gasteiger partial charge is 0.327 e. The second-order valence-corrected chi connectivity index (χ2v) is 4.57. The van der Waals surface area contributed by atoms with Crippen LogP contribution in [-0.4, -0.2) is 29.6 Å². The third-order valence-corrected chi connectivity index (χ3v) is 2.74. The number of benzene rings is 1. The summed E-state index contributed by atoms with van der Waals surface area (Å²) < 4.78 is 5.17. The van der Waals surface area contributed by atoms with E-state index >= 15 is 0 Å². The summed E-state index contributed by atoms with van der Waals surface area (Å²) >= 11 is 11.6. The average Bonchev–Trinajstić information content (AvgIpc) is 2.37. The number of rotatable bonds is 6. The van der Waals surface area contributed by atoms with E-state index in [0.29, 0.717) is 5.02 Å². The highest BCUT2D eigenvalue weighted by Crippen LogP contribution is 2.27. The largest absolute Gasteiger partial charge is 0.482 e. The van der Waals surface area contributed by atoms with Crippen LogP contribution < -0.4 is 10.1 Å². The molecule has 0 saturated heterocycles. The van der Waals surface area contributed by atoms with Gasteiger partial charge in [0.25, 0.3) is 5.91 Å². The van der Waals surface area contributed by atoms with Crippen LogP contribution in [0.25, 0.3) is 0 Å². The molecule has 1 rings (SSSR count). The van der Waals surface area contributed by atoms with Crippen molar-refractivity contribution in [1.82, 2.24) is 5.32 Å². The Morgan fingerprint density at radius 3 is 2.70 bits per heavy atom. The first-order valence-electron chi connectivity index (χ1n) is 5.47. The topological polar surface area (TPSA) is 75.6 Å². The monoisotopic (exact) mass is 315 g/mol. The maximum absolute atomic E-state index is 11.5. The van der Waals surface area contributed by atoms with Gasteiger partial charge in [-0.05, 0) is 18.2 Å². The highest BCUT2D eigenvalue weighted by Gasteiger charge is 2.19. The predicted molar refractivity (Wildman–Crippen MR) is 75.0 cm³/mol. The van der Waals surface area contributed by atoms with Gasteiger partial charge in [-0.2, -0.15) is 0 Å². The van der Waals surface area contributed by atoms with Crippen LogP contribution in [0, 0.1) is 12.3 Å². The molecule has 0 spiro atoms. The van der Waals surface area contributed by atoms with Gasteiger partial charge < -0.3 is 15.2 Å². The third-order valence-electron chi connectivity index (χ3n) is 2.21. The molecule has 1 aromatic carbocycles. The summed E-state index contributed by atoms with van der Waals surface area (Å²) in [5.74, 6) is 0.625. The standard InChI is InChI=1S/C13H11Cl2NO4/c1-2-3-10(13(18)19)16-12(17)7-20-11-5-4-8(14)6-9(11)15/h1,4-6,10H,3,7H2,(H,16,17)(H,18,19). The molecule has 7 heteroatoms. The first-order chi connectivity index (χ1) is 9.43. The third kappa shape index (κ3) is 5.00. The van der Waals surface area contributed by atoms with Crippen molar-refractivity contribution in [3.8, 4) is 18.1 Å². The number of ether oxygens (including phenoxy) is 1. The van der Waals surface area contributed by atoms with Crippen molar-refractivity contribution >= 4 is 35.1 Å². The number of carboxylic acid groups (broad SMARTS) is 1. The number of carbonyl (C=O) groups is 2. The molecule has 0 aliphatic rings. The van der Waals surface area contributed by atoms with E-state index in [4.69, 9.17) is 39.5 Å². The lowest BCUT2D eigenvalue weighted by Crippen LogP contribution is -2.42. The van der Waals surface area contributed by atoms with Crippen molar-refractivity contribution in [2.75, 3.05) is 6.61 Å². The normalized spacial score (nSPS) is 11.2. The van der Waals surface area contributed by atoms with E-state index in [1.54, 1.807) is 6.07 Å². The van der Waals surface area contributed by atoms with Gasteiger partial charge in [-0.3, -0.25) is 4.79 Å². The lowest BCUT2D eigenvalue weighted by molar-refractivity contribution is -0.141. The number of terminal acetylenes is 1. The number of carbonyl (C=O) groups excluding carboxylic acids is 1. The second-order valence-electron chi connectivity index (χ2n) is 3.73. The minimum Gasteiger partial charge on any atom is -0.482 e. The van der Waals surface area contributed by atoms with E-state index < -0.39 is 17.9 Å². The fraction of sp³-hybridized carbons (Fsp3) is 0.231. The molecule has 0 aliphatic carbocycles. The van der Waals surface area contributed by atoms with Crippen LogP contribution >= 0.6 is 23.2 Å². The lowest BCUT2D eigenvalue weighted by Gasteiger charge is -2.13. The second kappa shape index (κ2) is 7.63. The van der Waals surface area contributed by atoms with E-state index in [0.717, 1.165) is 0 Å². The van der Waals surface area contributed by atoms with Gasteiger partial charge in [-0.1, -0.05) is 23.2 Å². The average molecular weight is 316 g/mol. The summed E-state index contributed by atoms with van der Waals surface area (Å²) in [4.78, 5) is 22.4. The summed E-state index contributed by atoms with van der Waals surface area (Å²) in [6.45, 7) is -0.379. The molecule has 1 amide bonds. The SMILES string of the molecule is C#CCC(NC(=O)COc1ccc(Cl)cc1Cl)C(=O)O. The lowest BCUT2D eigenvalue weighted by atomic mass is 10.2. The van der Waals surface area contributed by atoms with Gasteiger partial charge in [0.2, 0.25) is 0 Å². The van der Waals surface area contributed by atoms with E-state index in [1.807, 2.05) is 0 Å². The Hall–Kier alpha value is -1.90. The van der Waals surface area contributed by atoms with Crippen LogP contribution in [0.3, 0.4) is 0 Å². The Morgan fingerprint density at radius 1 is 1.45 bits per heavy atom. The Morgan fingerprint density at radius 2 is 2.15 bits per heavy atom. The predicted octanol–water partition coefficient (Wildman–Crippen LogP) is 1.96. The van der Waals surface area contributed by atoms with Gasteiger partial charge in [0.15, 0.2) is 6.61 Å². The van der Waals surface area contributed by atoms with Crippen molar-refractivity contribution in [2.24, 2.45) is 0 Å². The summed E-state index contributed by atoms with van der Waals surface area (Å²) in [5, 5.41) is 11.8. The number of hydrogen-bond acceptors (Lipinski definition) is 3.